The molecule has 52 heavy (non-hydrogen) atoms. The maximum Gasteiger partial charge on any atom is 0.435 e. The van der Waals surface area contributed by atoms with E-state index >= 15 is 8.78 Å². The number of hydrogen-bond donors (Lipinski definition) is 3. The highest BCUT2D eigenvalue weighted by Gasteiger charge is 2.53. The number of nitrogens with zero attached hydrogens (tertiary/aromatic N) is 4. The fraction of sp³-hybridized carbons (Fsp3) is 0.306. The zero-order chi connectivity index (χ0) is 37.7. The number of allylic oxidation sites excluding steroid dienone is 1. The highest BCUT2D eigenvalue weighted by atomic mass is 19.4. The van der Waals surface area contributed by atoms with Crippen molar-refractivity contribution in [2.75, 3.05) is 0 Å². The lowest BCUT2D eigenvalue weighted by molar-refractivity contribution is -0.142. The van der Waals surface area contributed by atoms with E-state index in [4.69, 9.17) is 0 Å². The fourth-order valence-corrected chi connectivity index (χ4v) is 6.30. The zero-order valence-electron chi connectivity index (χ0n) is 27.5. The molecule has 0 saturated carbocycles. The standard InChI is InChI=1S/C36H29F7N6O3/c1-4-19-14-35(39,40)32-29(19)31(36(41,42)43)48-49(32)17-28(50)46-26(11-18-9-22(37)13-23(38)10-18)30-25(16-44-27(47-30)7-8-34(2,3)52)20-5-6-21-15-45-33(51)24(21)12-20/h4-6,9-10,12-13,16,19,26,52H,1,11,14-15,17H2,2-3H3,(H,45,51)(H,46,50). The van der Waals surface area contributed by atoms with Crippen molar-refractivity contribution in [1.29, 1.82) is 0 Å². The van der Waals surface area contributed by atoms with Gasteiger partial charge in [0.15, 0.2) is 5.69 Å². The first kappa shape index (κ1) is 36.2. The van der Waals surface area contributed by atoms with Crippen molar-refractivity contribution in [2.24, 2.45) is 0 Å². The molecule has 9 nitrogen and oxygen atoms in total. The molecule has 1 aliphatic carbocycles. The van der Waals surface area contributed by atoms with Crippen LogP contribution >= 0.6 is 0 Å². The molecule has 2 aliphatic rings. The van der Waals surface area contributed by atoms with Crippen LogP contribution in [0.2, 0.25) is 0 Å². The molecule has 16 heteroatoms. The summed E-state index contributed by atoms with van der Waals surface area (Å²) in [5, 5.41) is 18.8. The van der Waals surface area contributed by atoms with Crippen LogP contribution in [0.15, 0.2) is 55.3 Å². The first-order chi connectivity index (χ1) is 24.3. The third kappa shape index (κ3) is 7.40. The molecule has 0 radical (unpaired) electrons. The Kier molecular flexibility index (Phi) is 9.20. The van der Waals surface area contributed by atoms with E-state index in [2.05, 4.69) is 44.1 Å². The van der Waals surface area contributed by atoms with Gasteiger partial charge in [0.05, 0.1) is 11.7 Å². The molecule has 2 unspecified atom stereocenters. The number of carbonyl (C=O) groups is 2. The van der Waals surface area contributed by atoms with Crippen LogP contribution in [-0.4, -0.2) is 42.3 Å². The Morgan fingerprint density at radius 3 is 2.54 bits per heavy atom. The summed E-state index contributed by atoms with van der Waals surface area (Å²) in [6, 6.07) is 6.13. The molecule has 1 aliphatic heterocycles. The summed E-state index contributed by atoms with van der Waals surface area (Å²) in [6.45, 7) is 5.38. The maximum absolute atomic E-state index is 15.2. The average molecular weight is 727 g/mol. The van der Waals surface area contributed by atoms with E-state index in [0.717, 1.165) is 18.2 Å². The number of nitrogens with one attached hydrogen (secondary N) is 2. The Morgan fingerprint density at radius 1 is 1.17 bits per heavy atom. The average Bonchev–Trinajstić information content (AvgIpc) is 3.70. The first-order valence-corrected chi connectivity index (χ1v) is 15.8. The number of halogens is 7. The number of hydrogen-bond acceptors (Lipinski definition) is 6. The van der Waals surface area contributed by atoms with Crippen LogP contribution in [0.1, 0.15) is 82.2 Å². The van der Waals surface area contributed by atoms with Crippen molar-refractivity contribution in [3.05, 3.63) is 112 Å². The highest BCUT2D eigenvalue weighted by Crippen LogP contribution is 2.52. The summed E-state index contributed by atoms with van der Waals surface area (Å²) in [7, 11) is 0. The van der Waals surface area contributed by atoms with Crippen LogP contribution in [-0.2, 0) is 36.4 Å². The van der Waals surface area contributed by atoms with Crippen LogP contribution < -0.4 is 10.6 Å². The second-order valence-electron chi connectivity index (χ2n) is 13.0. The molecule has 0 bridgehead atoms. The molecular weight excluding hydrogens is 697 g/mol. The van der Waals surface area contributed by atoms with Gasteiger partial charge in [0, 0.05) is 47.8 Å². The van der Waals surface area contributed by atoms with E-state index in [0.29, 0.717) is 27.4 Å². The SMILES string of the molecule is C=CC1CC(F)(F)c2c1c(C(F)(F)F)nn2CC(=O)NC(Cc1cc(F)cc(F)c1)c1nc(C#CC(C)(C)O)ncc1-c1ccc2c(c1)C(=O)NC2. The van der Waals surface area contributed by atoms with Crippen LogP contribution in [0, 0.1) is 23.5 Å². The Balaban J connectivity index is 1.47. The second kappa shape index (κ2) is 13.2. The molecule has 0 saturated heterocycles. The molecule has 0 fully saturated rings. The van der Waals surface area contributed by atoms with Crippen LogP contribution in [0.5, 0.6) is 0 Å². The van der Waals surface area contributed by atoms with E-state index in [1.165, 1.54) is 20.0 Å². The summed E-state index contributed by atoms with van der Waals surface area (Å²) in [5.74, 6) is -3.49. The quantitative estimate of drug-likeness (QED) is 0.119. The Bertz CT molecular complexity index is 2160. The minimum atomic E-state index is -5.12. The number of aromatic nitrogens is 4. The largest absolute Gasteiger partial charge is 0.435 e. The normalized spacial score (nSPS) is 16.7. The van der Waals surface area contributed by atoms with Crippen LogP contribution in [0.4, 0.5) is 30.7 Å². The number of fused-ring (bicyclic) bond motifs is 2. The van der Waals surface area contributed by atoms with E-state index in [9.17, 15) is 36.6 Å². The molecule has 3 heterocycles. The third-order valence-electron chi connectivity index (χ3n) is 8.46. The molecule has 6 rings (SSSR count). The Labute approximate surface area is 292 Å². The van der Waals surface area contributed by atoms with Crippen molar-refractivity contribution in [2.45, 2.75) is 69.4 Å². The molecule has 2 aromatic carbocycles. The molecule has 2 amide bonds. The number of aliphatic hydroxyl groups is 1. The van der Waals surface area contributed by atoms with E-state index < -0.39 is 77.1 Å². The smallest absolute Gasteiger partial charge is 0.378 e. The van der Waals surface area contributed by atoms with Gasteiger partial charge in [-0.25, -0.2) is 18.7 Å². The second-order valence-corrected chi connectivity index (χ2v) is 13.0. The summed E-state index contributed by atoms with van der Waals surface area (Å²) >= 11 is 0. The van der Waals surface area contributed by atoms with E-state index in [1.807, 2.05) is 0 Å². The van der Waals surface area contributed by atoms with Crippen molar-refractivity contribution in [3.8, 4) is 23.0 Å². The molecule has 2 atom stereocenters. The van der Waals surface area contributed by atoms with Gasteiger partial charge < -0.3 is 15.7 Å². The van der Waals surface area contributed by atoms with Crippen molar-refractivity contribution >= 4 is 11.8 Å². The molecule has 270 valence electrons. The van der Waals surface area contributed by atoms with Gasteiger partial charge in [0.1, 0.15) is 29.5 Å². The zero-order valence-corrected chi connectivity index (χ0v) is 27.5. The predicted molar refractivity (Wildman–Crippen MR) is 171 cm³/mol. The van der Waals surface area contributed by atoms with Gasteiger partial charge in [-0.2, -0.15) is 27.1 Å². The summed E-state index contributed by atoms with van der Waals surface area (Å²) in [6.07, 6.45) is -4.20. The van der Waals surface area contributed by atoms with Gasteiger partial charge in [-0.3, -0.25) is 14.3 Å². The third-order valence-corrected chi connectivity index (χ3v) is 8.46. The molecule has 3 N–H and O–H groups in total. The van der Waals surface area contributed by atoms with Crippen molar-refractivity contribution < 1.29 is 45.4 Å². The minimum absolute atomic E-state index is 0.00912. The highest BCUT2D eigenvalue weighted by molar-refractivity contribution is 5.99. The molecule has 2 aromatic heterocycles. The summed E-state index contributed by atoms with van der Waals surface area (Å²) < 4.78 is 101. The molecule has 0 spiro atoms. The Morgan fingerprint density at radius 2 is 1.88 bits per heavy atom. The lowest BCUT2D eigenvalue weighted by Crippen LogP contribution is -2.35. The monoisotopic (exact) mass is 726 g/mol. The van der Waals surface area contributed by atoms with Crippen LogP contribution in [0.3, 0.4) is 0 Å². The minimum Gasteiger partial charge on any atom is -0.378 e. The van der Waals surface area contributed by atoms with Crippen molar-refractivity contribution in [1.82, 2.24) is 30.4 Å². The van der Waals surface area contributed by atoms with Gasteiger partial charge in [-0.05, 0) is 61.1 Å². The number of carbonyl (C=O) groups excluding carboxylic acids is 2. The lowest BCUT2D eigenvalue weighted by atomic mass is 9.94. The molecular formula is C36H29F7N6O3. The van der Waals surface area contributed by atoms with Gasteiger partial charge in [-0.1, -0.05) is 24.1 Å². The fourth-order valence-electron chi connectivity index (χ4n) is 6.30. The summed E-state index contributed by atoms with van der Waals surface area (Å²) in [5.41, 5.74) is -3.25. The van der Waals surface area contributed by atoms with E-state index in [-0.39, 0.29) is 41.5 Å². The number of rotatable bonds is 8. The van der Waals surface area contributed by atoms with Crippen LogP contribution in [0.25, 0.3) is 11.1 Å². The molecule has 4 aromatic rings. The van der Waals surface area contributed by atoms with Gasteiger partial charge in [-0.15, -0.1) is 6.58 Å². The van der Waals surface area contributed by atoms with E-state index in [1.54, 1.807) is 18.2 Å². The van der Waals surface area contributed by atoms with Gasteiger partial charge in [0.2, 0.25) is 11.7 Å². The first-order valence-electron chi connectivity index (χ1n) is 15.8. The van der Waals surface area contributed by atoms with Crippen molar-refractivity contribution in [3.63, 3.8) is 0 Å². The maximum atomic E-state index is 15.2. The topological polar surface area (TPSA) is 122 Å². The number of alkyl halides is 5. The number of benzene rings is 2. The number of amides is 2. The van der Waals surface area contributed by atoms with Gasteiger partial charge >= 0.3 is 6.18 Å². The predicted octanol–water partition coefficient (Wildman–Crippen LogP) is 5.87. The lowest BCUT2D eigenvalue weighted by Gasteiger charge is -2.22. The van der Waals surface area contributed by atoms with Gasteiger partial charge in [0.25, 0.3) is 11.8 Å². The summed E-state index contributed by atoms with van der Waals surface area (Å²) in [4.78, 5) is 35.0. The Hall–Kier alpha value is -5.56.